The molecule has 0 aliphatic carbocycles. The molecular formula is C12H21ClN4O2. The third kappa shape index (κ3) is 6.02. The van der Waals surface area contributed by atoms with Gasteiger partial charge in [-0.2, -0.15) is 15.0 Å². The van der Waals surface area contributed by atoms with Crippen LogP contribution in [-0.4, -0.2) is 38.8 Å². The molecule has 1 atom stereocenters. The lowest BCUT2D eigenvalue weighted by molar-refractivity contribution is 0.0635. The van der Waals surface area contributed by atoms with Gasteiger partial charge in [0.1, 0.15) is 0 Å². The van der Waals surface area contributed by atoms with Gasteiger partial charge >= 0.3 is 6.01 Å². The van der Waals surface area contributed by atoms with Crippen molar-refractivity contribution in [1.82, 2.24) is 15.0 Å². The van der Waals surface area contributed by atoms with E-state index in [-0.39, 0.29) is 11.3 Å². The Morgan fingerprint density at radius 3 is 2.63 bits per heavy atom. The van der Waals surface area contributed by atoms with E-state index in [0.717, 1.165) is 12.8 Å². The maximum atomic E-state index is 10.1. The summed E-state index contributed by atoms with van der Waals surface area (Å²) in [6.45, 7) is 6.64. The van der Waals surface area contributed by atoms with Crippen LogP contribution in [0.3, 0.4) is 0 Å². The molecule has 0 aliphatic rings. The maximum absolute atomic E-state index is 10.1. The van der Waals surface area contributed by atoms with Crippen molar-refractivity contribution in [3.05, 3.63) is 5.28 Å². The summed E-state index contributed by atoms with van der Waals surface area (Å²) in [5.41, 5.74) is -0.807. The van der Waals surface area contributed by atoms with Gasteiger partial charge in [0.05, 0.1) is 12.2 Å². The highest BCUT2D eigenvalue weighted by molar-refractivity contribution is 6.28. The first-order valence-corrected chi connectivity index (χ1v) is 6.85. The molecule has 19 heavy (non-hydrogen) atoms. The number of aromatic nitrogens is 3. The Hall–Kier alpha value is -1.14. The van der Waals surface area contributed by atoms with Crippen molar-refractivity contribution in [1.29, 1.82) is 0 Å². The molecule has 108 valence electrons. The second kappa shape index (κ2) is 7.45. The van der Waals surface area contributed by atoms with Crippen LogP contribution in [0.2, 0.25) is 5.28 Å². The third-order valence-corrected chi connectivity index (χ3v) is 2.61. The van der Waals surface area contributed by atoms with E-state index in [9.17, 15) is 5.11 Å². The SMILES string of the molecule is CCCOc1nc(Cl)nc(NCC(C)(O)CCC)n1. The van der Waals surface area contributed by atoms with Gasteiger partial charge in [0.15, 0.2) is 0 Å². The van der Waals surface area contributed by atoms with E-state index in [1.54, 1.807) is 6.92 Å². The third-order valence-electron chi connectivity index (χ3n) is 2.44. The van der Waals surface area contributed by atoms with Crippen LogP contribution in [0, 0.1) is 0 Å². The van der Waals surface area contributed by atoms with Crippen molar-refractivity contribution >= 4 is 17.5 Å². The fraction of sp³-hybridized carbons (Fsp3) is 0.750. The van der Waals surface area contributed by atoms with Crippen molar-refractivity contribution in [2.75, 3.05) is 18.5 Å². The first kappa shape index (κ1) is 15.9. The lowest BCUT2D eigenvalue weighted by Crippen LogP contribution is -2.33. The van der Waals surface area contributed by atoms with E-state index in [1.165, 1.54) is 0 Å². The van der Waals surface area contributed by atoms with E-state index in [4.69, 9.17) is 16.3 Å². The van der Waals surface area contributed by atoms with Gasteiger partial charge in [-0.05, 0) is 31.4 Å². The standard InChI is InChI=1S/C12H21ClN4O2/c1-4-6-12(3,18)8-14-10-15-9(13)16-11(17-10)19-7-5-2/h18H,4-8H2,1-3H3,(H,14,15,16,17). The second-order valence-electron chi connectivity index (χ2n) is 4.66. The first-order valence-electron chi connectivity index (χ1n) is 6.47. The maximum Gasteiger partial charge on any atom is 0.322 e. The van der Waals surface area contributed by atoms with E-state index in [1.807, 2.05) is 13.8 Å². The van der Waals surface area contributed by atoms with Crippen LogP contribution >= 0.6 is 11.6 Å². The van der Waals surface area contributed by atoms with Crippen molar-refractivity contribution in [2.24, 2.45) is 0 Å². The summed E-state index contributed by atoms with van der Waals surface area (Å²) in [6, 6.07) is 0.194. The summed E-state index contributed by atoms with van der Waals surface area (Å²) in [7, 11) is 0. The average molecular weight is 289 g/mol. The monoisotopic (exact) mass is 288 g/mol. The number of ether oxygens (including phenoxy) is 1. The van der Waals surface area contributed by atoms with Crippen molar-refractivity contribution < 1.29 is 9.84 Å². The fourth-order valence-corrected chi connectivity index (χ4v) is 1.72. The van der Waals surface area contributed by atoms with Gasteiger partial charge < -0.3 is 15.2 Å². The highest BCUT2D eigenvalue weighted by Crippen LogP contribution is 2.15. The molecule has 0 amide bonds. The summed E-state index contributed by atoms with van der Waals surface area (Å²) in [5, 5.41) is 13.1. The Balaban J connectivity index is 2.65. The lowest BCUT2D eigenvalue weighted by atomic mass is 10.0. The van der Waals surface area contributed by atoms with Gasteiger partial charge in [-0.15, -0.1) is 0 Å². The summed E-state index contributed by atoms with van der Waals surface area (Å²) in [6.07, 6.45) is 2.45. The van der Waals surface area contributed by atoms with Crippen LogP contribution < -0.4 is 10.1 Å². The average Bonchev–Trinajstić information content (AvgIpc) is 2.33. The predicted octanol–water partition coefficient (Wildman–Crippen LogP) is 2.28. The zero-order chi connectivity index (χ0) is 14.3. The molecule has 0 saturated carbocycles. The number of halogens is 1. The molecule has 6 nitrogen and oxygen atoms in total. The first-order chi connectivity index (χ1) is 8.96. The molecule has 0 bridgehead atoms. The Labute approximate surface area is 118 Å². The Morgan fingerprint density at radius 1 is 1.26 bits per heavy atom. The second-order valence-corrected chi connectivity index (χ2v) is 5.00. The molecule has 0 radical (unpaired) electrons. The number of nitrogens with zero attached hydrogens (tertiary/aromatic N) is 3. The number of hydrogen-bond acceptors (Lipinski definition) is 6. The Bertz CT molecular complexity index is 401. The van der Waals surface area contributed by atoms with Crippen LogP contribution in [0.5, 0.6) is 6.01 Å². The molecular weight excluding hydrogens is 268 g/mol. The molecule has 1 aromatic rings. The zero-order valence-electron chi connectivity index (χ0n) is 11.6. The van der Waals surface area contributed by atoms with E-state index in [0.29, 0.717) is 25.5 Å². The number of anilines is 1. The topological polar surface area (TPSA) is 80.2 Å². The minimum absolute atomic E-state index is 0.0683. The smallest absolute Gasteiger partial charge is 0.322 e. The fourth-order valence-electron chi connectivity index (χ4n) is 1.57. The largest absolute Gasteiger partial charge is 0.463 e. The van der Waals surface area contributed by atoms with Gasteiger partial charge in [0.25, 0.3) is 0 Å². The molecule has 0 aromatic carbocycles. The summed E-state index contributed by atoms with van der Waals surface area (Å²) in [5.74, 6) is 0.308. The van der Waals surface area contributed by atoms with Crippen LogP contribution in [0.15, 0.2) is 0 Å². The van der Waals surface area contributed by atoms with E-state index >= 15 is 0 Å². The molecule has 0 fully saturated rings. The quantitative estimate of drug-likeness (QED) is 0.764. The summed E-state index contributed by atoms with van der Waals surface area (Å²) >= 11 is 5.80. The zero-order valence-corrected chi connectivity index (χ0v) is 12.4. The normalized spacial score (nSPS) is 13.9. The van der Waals surface area contributed by atoms with Gasteiger partial charge in [0.2, 0.25) is 11.2 Å². The van der Waals surface area contributed by atoms with Gasteiger partial charge in [-0.25, -0.2) is 0 Å². The minimum Gasteiger partial charge on any atom is -0.463 e. The highest BCUT2D eigenvalue weighted by atomic mass is 35.5. The molecule has 0 saturated heterocycles. The molecule has 1 aromatic heterocycles. The Morgan fingerprint density at radius 2 is 2.00 bits per heavy atom. The Kier molecular flexibility index (Phi) is 6.24. The number of hydrogen-bond donors (Lipinski definition) is 2. The number of rotatable bonds is 8. The molecule has 1 rings (SSSR count). The van der Waals surface area contributed by atoms with Crippen LogP contribution in [0.4, 0.5) is 5.95 Å². The molecule has 0 aliphatic heterocycles. The molecule has 0 spiro atoms. The summed E-state index contributed by atoms with van der Waals surface area (Å²) in [4.78, 5) is 11.9. The number of nitrogens with one attached hydrogen (secondary N) is 1. The lowest BCUT2D eigenvalue weighted by Gasteiger charge is -2.22. The predicted molar refractivity (Wildman–Crippen MR) is 74.6 cm³/mol. The van der Waals surface area contributed by atoms with Crippen LogP contribution in [0.25, 0.3) is 0 Å². The van der Waals surface area contributed by atoms with Crippen LogP contribution in [0.1, 0.15) is 40.0 Å². The van der Waals surface area contributed by atoms with E-state index in [2.05, 4.69) is 20.3 Å². The number of aliphatic hydroxyl groups is 1. The molecule has 1 unspecified atom stereocenters. The van der Waals surface area contributed by atoms with Crippen molar-refractivity contribution in [3.63, 3.8) is 0 Å². The van der Waals surface area contributed by atoms with Crippen molar-refractivity contribution in [3.8, 4) is 6.01 Å². The minimum atomic E-state index is -0.807. The summed E-state index contributed by atoms with van der Waals surface area (Å²) < 4.78 is 5.31. The van der Waals surface area contributed by atoms with Crippen LogP contribution in [-0.2, 0) is 0 Å². The van der Waals surface area contributed by atoms with Crippen molar-refractivity contribution in [2.45, 2.75) is 45.6 Å². The van der Waals surface area contributed by atoms with Gasteiger partial charge in [0, 0.05) is 6.54 Å². The molecule has 7 heteroatoms. The van der Waals surface area contributed by atoms with Gasteiger partial charge in [-0.1, -0.05) is 20.3 Å². The van der Waals surface area contributed by atoms with E-state index < -0.39 is 5.60 Å². The van der Waals surface area contributed by atoms with Gasteiger partial charge in [-0.3, -0.25) is 0 Å². The molecule has 2 N–H and O–H groups in total. The molecule has 1 heterocycles. The highest BCUT2D eigenvalue weighted by Gasteiger charge is 2.19.